The number of hydrogen-bond donors (Lipinski definition) is 2. The van der Waals surface area contributed by atoms with E-state index in [0.29, 0.717) is 12.8 Å². The first kappa shape index (κ1) is 12.0. The van der Waals surface area contributed by atoms with Gasteiger partial charge in [-0.1, -0.05) is 11.6 Å². The molecule has 0 saturated heterocycles. The Hall–Kier alpha value is -1.47. The zero-order chi connectivity index (χ0) is 12.5. The average molecular weight is 259 g/mol. The van der Waals surface area contributed by atoms with Crippen molar-refractivity contribution in [1.29, 1.82) is 0 Å². The third-order valence-corrected chi connectivity index (χ3v) is 3.11. The molecule has 0 radical (unpaired) electrons. The highest BCUT2D eigenvalue weighted by molar-refractivity contribution is 6.31. The molecule has 1 heterocycles. The summed E-state index contributed by atoms with van der Waals surface area (Å²) in [6, 6.07) is 0. The van der Waals surface area contributed by atoms with Gasteiger partial charge in [0.05, 0.1) is 10.5 Å². The summed E-state index contributed by atoms with van der Waals surface area (Å²) in [7, 11) is 0. The number of hydrogen-bond acceptors (Lipinski definition) is 6. The number of halogens is 1. The van der Waals surface area contributed by atoms with E-state index in [4.69, 9.17) is 11.6 Å². The molecule has 7 nitrogen and oxygen atoms in total. The minimum absolute atomic E-state index is 0.0373. The van der Waals surface area contributed by atoms with E-state index in [2.05, 4.69) is 15.3 Å². The highest BCUT2D eigenvalue weighted by atomic mass is 35.5. The molecule has 17 heavy (non-hydrogen) atoms. The van der Waals surface area contributed by atoms with Crippen LogP contribution in [0.2, 0.25) is 5.15 Å². The molecule has 1 aliphatic rings. The van der Waals surface area contributed by atoms with Crippen molar-refractivity contribution in [2.45, 2.75) is 24.9 Å². The molecule has 92 valence electrons. The quantitative estimate of drug-likeness (QED) is 0.480. The van der Waals surface area contributed by atoms with Crippen LogP contribution in [0.15, 0.2) is 6.33 Å². The number of aliphatic hydroxyl groups is 1. The van der Waals surface area contributed by atoms with E-state index >= 15 is 0 Å². The first-order valence-corrected chi connectivity index (χ1v) is 5.51. The highest BCUT2D eigenvalue weighted by Crippen LogP contribution is 2.33. The minimum atomic E-state index is -0.786. The largest absolute Gasteiger partial charge is 0.388 e. The predicted octanol–water partition coefficient (Wildman–Crippen LogP) is 1.37. The van der Waals surface area contributed by atoms with Gasteiger partial charge in [0.25, 0.3) is 0 Å². The normalized spacial score (nSPS) is 17.3. The molecular weight excluding hydrogens is 248 g/mol. The Morgan fingerprint density at radius 2 is 2.29 bits per heavy atom. The van der Waals surface area contributed by atoms with Crippen molar-refractivity contribution in [3.8, 4) is 0 Å². The summed E-state index contributed by atoms with van der Waals surface area (Å²) in [5.74, 6) is 0.0373. The van der Waals surface area contributed by atoms with Crippen LogP contribution in [0.1, 0.15) is 19.3 Å². The molecule has 0 bridgehead atoms. The highest BCUT2D eigenvalue weighted by Gasteiger charge is 2.35. The Morgan fingerprint density at radius 1 is 1.59 bits per heavy atom. The fraction of sp³-hybridized carbons (Fsp3) is 0.556. The van der Waals surface area contributed by atoms with Gasteiger partial charge in [-0.2, -0.15) is 0 Å². The van der Waals surface area contributed by atoms with Crippen molar-refractivity contribution in [1.82, 2.24) is 9.97 Å². The molecule has 0 amide bonds. The molecule has 0 aliphatic heterocycles. The van der Waals surface area contributed by atoms with Crippen molar-refractivity contribution >= 4 is 23.1 Å². The lowest BCUT2D eigenvalue weighted by atomic mass is 9.80. The Bertz CT molecular complexity index is 450. The van der Waals surface area contributed by atoms with Crippen molar-refractivity contribution in [3.63, 3.8) is 0 Å². The van der Waals surface area contributed by atoms with Crippen molar-refractivity contribution < 1.29 is 10.0 Å². The molecular formula is C9H11ClN4O3. The monoisotopic (exact) mass is 258 g/mol. The van der Waals surface area contributed by atoms with Gasteiger partial charge in [-0.05, 0) is 19.3 Å². The lowest BCUT2D eigenvalue weighted by molar-refractivity contribution is -0.384. The smallest absolute Gasteiger partial charge is 0.348 e. The second-order valence-electron chi connectivity index (χ2n) is 4.05. The maximum atomic E-state index is 10.8. The molecule has 1 saturated carbocycles. The summed E-state index contributed by atoms with van der Waals surface area (Å²) >= 11 is 5.63. The van der Waals surface area contributed by atoms with Gasteiger partial charge in [0.1, 0.15) is 6.33 Å². The lowest BCUT2D eigenvalue weighted by Crippen LogP contribution is -2.43. The molecule has 0 unspecified atom stereocenters. The van der Waals surface area contributed by atoms with Crippen LogP contribution in [-0.4, -0.2) is 32.1 Å². The van der Waals surface area contributed by atoms with E-state index < -0.39 is 10.5 Å². The van der Waals surface area contributed by atoms with Crippen LogP contribution in [0, 0.1) is 10.1 Å². The van der Waals surface area contributed by atoms with Crippen molar-refractivity contribution in [2.75, 3.05) is 11.9 Å². The van der Waals surface area contributed by atoms with Crippen molar-refractivity contribution in [3.05, 3.63) is 21.6 Å². The summed E-state index contributed by atoms with van der Waals surface area (Å²) < 4.78 is 0. The van der Waals surface area contributed by atoms with Crippen LogP contribution in [0.25, 0.3) is 0 Å². The third kappa shape index (κ3) is 2.45. The fourth-order valence-electron chi connectivity index (χ4n) is 1.66. The SMILES string of the molecule is O=[N+]([O-])c1c(Cl)ncnc1NCC1(O)CCC1. The Kier molecular flexibility index (Phi) is 3.12. The van der Waals surface area contributed by atoms with E-state index in [1.165, 1.54) is 0 Å². The molecule has 2 N–H and O–H groups in total. The Morgan fingerprint density at radius 3 is 2.82 bits per heavy atom. The van der Waals surface area contributed by atoms with Crippen LogP contribution in [0.5, 0.6) is 0 Å². The molecule has 8 heteroatoms. The first-order valence-electron chi connectivity index (χ1n) is 5.13. The average Bonchev–Trinajstić information content (AvgIpc) is 2.23. The Balaban J connectivity index is 2.15. The summed E-state index contributed by atoms with van der Waals surface area (Å²) in [6.45, 7) is 0.223. The molecule has 0 aromatic carbocycles. The lowest BCUT2D eigenvalue weighted by Gasteiger charge is -2.36. The predicted molar refractivity (Wildman–Crippen MR) is 61.0 cm³/mol. The summed E-state index contributed by atoms with van der Waals surface area (Å²) in [6.07, 6.45) is 3.48. The van der Waals surface area contributed by atoms with Crippen LogP contribution in [-0.2, 0) is 0 Å². The van der Waals surface area contributed by atoms with Gasteiger partial charge in [-0.25, -0.2) is 9.97 Å². The van der Waals surface area contributed by atoms with Gasteiger partial charge < -0.3 is 10.4 Å². The van der Waals surface area contributed by atoms with E-state index in [9.17, 15) is 15.2 Å². The molecule has 0 atom stereocenters. The van der Waals surface area contributed by atoms with Crippen molar-refractivity contribution in [2.24, 2.45) is 0 Å². The van der Waals surface area contributed by atoms with E-state index in [-0.39, 0.29) is 23.2 Å². The van der Waals surface area contributed by atoms with E-state index in [0.717, 1.165) is 12.7 Å². The molecule has 1 fully saturated rings. The molecule has 1 aromatic rings. The van der Waals surface area contributed by atoms with Gasteiger partial charge >= 0.3 is 5.69 Å². The van der Waals surface area contributed by atoms with Crippen LogP contribution >= 0.6 is 11.6 Å². The molecule has 0 spiro atoms. The third-order valence-electron chi connectivity index (χ3n) is 2.83. The maximum Gasteiger partial charge on any atom is 0.348 e. The second kappa shape index (κ2) is 4.42. The van der Waals surface area contributed by atoms with E-state index in [1.807, 2.05) is 0 Å². The van der Waals surface area contributed by atoms with Gasteiger partial charge in [0.2, 0.25) is 11.0 Å². The number of aromatic nitrogens is 2. The molecule has 2 rings (SSSR count). The van der Waals surface area contributed by atoms with Gasteiger partial charge in [0.15, 0.2) is 0 Å². The number of nitrogens with zero attached hydrogens (tertiary/aromatic N) is 3. The van der Waals surface area contributed by atoms with Gasteiger partial charge in [-0.15, -0.1) is 0 Å². The van der Waals surface area contributed by atoms with Crippen LogP contribution in [0.4, 0.5) is 11.5 Å². The van der Waals surface area contributed by atoms with Crippen LogP contribution in [0.3, 0.4) is 0 Å². The van der Waals surface area contributed by atoms with Crippen LogP contribution < -0.4 is 5.32 Å². The zero-order valence-corrected chi connectivity index (χ0v) is 9.65. The molecule has 1 aromatic heterocycles. The zero-order valence-electron chi connectivity index (χ0n) is 8.89. The van der Waals surface area contributed by atoms with E-state index in [1.54, 1.807) is 0 Å². The first-order chi connectivity index (χ1) is 8.02. The minimum Gasteiger partial charge on any atom is -0.388 e. The number of rotatable bonds is 4. The Labute approximate surface area is 102 Å². The second-order valence-corrected chi connectivity index (χ2v) is 4.41. The summed E-state index contributed by atoms with van der Waals surface area (Å²) in [5, 5.41) is 23.2. The van der Waals surface area contributed by atoms with Gasteiger partial charge in [0, 0.05) is 6.54 Å². The fourth-order valence-corrected chi connectivity index (χ4v) is 1.86. The summed E-state index contributed by atoms with van der Waals surface area (Å²) in [4.78, 5) is 17.5. The summed E-state index contributed by atoms with van der Waals surface area (Å²) in [5.41, 5.74) is -1.15. The topological polar surface area (TPSA) is 101 Å². The molecule has 1 aliphatic carbocycles. The number of nitro groups is 1. The van der Waals surface area contributed by atoms with Gasteiger partial charge in [-0.3, -0.25) is 10.1 Å². The number of nitrogens with one attached hydrogen (secondary N) is 1. The number of anilines is 1. The maximum absolute atomic E-state index is 10.8. The standard InChI is InChI=1S/C9H11ClN4O3/c10-7-6(14(16)17)8(13-5-12-7)11-4-9(15)2-1-3-9/h5,15H,1-4H2,(H,11,12,13).